The molecule has 1 aromatic heterocycles. The molecule has 9 heteroatoms. The molecule has 192 valence electrons. The van der Waals surface area contributed by atoms with Crippen LogP contribution in [0.1, 0.15) is 40.0 Å². The van der Waals surface area contributed by atoms with Gasteiger partial charge >= 0.3 is 5.97 Å². The molecule has 0 aliphatic heterocycles. The average molecular weight is 549 g/mol. The molecule has 36 heavy (non-hydrogen) atoms. The normalized spacial score (nSPS) is 19.9. The van der Waals surface area contributed by atoms with Crippen molar-refractivity contribution in [1.29, 1.82) is 0 Å². The Morgan fingerprint density at radius 2 is 1.92 bits per heavy atom. The molecule has 0 unspecified atom stereocenters. The third kappa shape index (κ3) is 6.18. The van der Waals surface area contributed by atoms with Crippen LogP contribution in [0.5, 0.6) is 5.75 Å². The lowest BCUT2D eigenvalue weighted by molar-refractivity contribution is -0.152. The number of hydrogen-bond donors (Lipinski definition) is 0. The Balaban J connectivity index is 1.61. The molecule has 0 N–H and O–H groups in total. The molecule has 4 rings (SSSR count). The Hall–Kier alpha value is -2.22. The van der Waals surface area contributed by atoms with Crippen molar-refractivity contribution >= 4 is 40.9 Å². The molecule has 2 aromatic carbocycles. The van der Waals surface area contributed by atoms with Crippen molar-refractivity contribution in [2.24, 2.45) is 17.8 Å². The van der Waals surface area contributed by atoms with Crippen LogP contribution in [0.2, 0.25) is 10.0 Å². The van der Waals surface area contributed by atoms with Crippen LogP contribution in [0.15, 0.2) is 47.6 Å². The van der Waals surface area contributed by atoms with Gasteiger partial charge in [-0.15, -0.1) is 10.2 Å². The van der Waals surface area contributed by atoms with Crippen molar-refractivity contribution < 1.29 is 14.3 Å². The number of halogens is 2. The van der Waals surface area contributed by atoms with E-state index >= 15 is 0 Å². The lowest BCUT2D eigenvalue weighted by atomic mass is 9.75. The van der Waals surface area contributed by atoms with E-state index in [-0.39, 0.29) is 17.8 Å². The number of ether oxygens (including phenoxy) is 2. The van der Waals surface area contributed by atoms with Gasteiger partial charge in [0.1, 0.15) is 11.9 Å². The summed E-state index contributed by atoms with van der Waals surface area (Å²) < 4.78 is 13.4. The zero-order valence-electron chi connectivity index (χ0n) is 20.9. The number of nitrogens with zero attached hydrogens (tertiary/aromatic N) is 3. The fourth-order valence-corrected chi connectivity index (χ4v) is 5.89. The van der Waals surface area contributed by atoms with E-state index in [4.69, 9.17) is 32.7 Å². The predicted molar refractivity (Wildman–Crippen MR) is 145 cm³/mol. The minimum Gasteiger partial charge on any atom is -0.495 e. The highest BCUT2D eigenvalue weighted by Crippen LogP contribution is 2.37. The van der Waals surface area contributed by atoms with Gasteiger partial charge in [-0.25, -0.2) is 0 Å². The Morgan fingerprint density at radius 1 is 1.14 bits per heavy atom. The number of methoxy groups -OCH3 is 1. The summed E-state index contributed by atoms with van der Waals surface area (Å²) in [5.41, 5.74) is 1.45. The first-order valence-corrected chi connectivity index (χ1v) is 13.9. The maximum atomic E-state index is 12.9. The summed E-state index contributed by atoms with van der Waals surface area (Å²) in [6.45, 7) is 6.63. The van der Waals surface area contributed by atoms with Gasteiger partial charge in [-0.1, -0.05) is 74.3 Å². The van der Waals surface area contributed by atoms with E-state index in [1.807, 2.05) is 22.8 Å². The molecule has 0 spiro atoms. The Labute approximate surface area is 226 Å². The number of carbonyl (C=O) groups is 1. The summed E-state index contributed by atoms with van der Waals surface area (Å²) in [5.74, 6) is 2.46. The van der Waals surface area contributed by atoms with Crippen LogP contribution in [0.4, 0.5) is 0 Å². The first-order chi connectivity index (χ1) is 17.3. The molecule has 1 saturated carbocycles. The van der Waals surface area contributed by atoms with Crippen molar-refractivity contribution in [1.82, 2.24) is 14.8 Å². The smallest absolute Gasteiger partial charge is 0.316 e. The molecule has 1 aliphatic rings. The highest BCUT2D eigenvalue weighted by atomic mass is 35.5. The first-order valence-electron chi connectivity index (χ1n) is 12.1. The standard InChI is InChI=1S/C27H31Cl2N3O3S/c1-16(2)21-10-8-17(3)12-24(21)35-25(33)15-36-27-31-30-26(18-6-5-7-19(28)13-18)32(27)22-14-20(29)9-11-23(22)34-4/h5-7,9,11,13-14,16-17,21,24H,8,10,12,15H2,1-4H3/t17-,21-,24-/m1/s1. The monoisotopic (exact) mass is 547 g/mol. The molecule has 1 fully saturated rings. The van der Waals surface area contributed by atoms with Gasteiger partial charge in [0.05, 0.1) is 18.6 Å². The summed E-state index contributed by atoms with van der Waals surface area (Å²) in [6.07, 6.45) is 3.14. The van der Waals surface area contributed by atoms with Gasteiger partial charge in [-0.05, 0) is 60.9 Å². The average Bonchev–Trinajstić information content (AvgIpc) is 3.26. The van der Waals surface area contributed by atoms with Crippen molar-refractivity contribution in [3.8, 4) is 22.8 Å². The highest BCUT2D eigenvalue weighted by molar-refractivity contribution is 7.99. The second kappa shape index (κ2) is 11.9. The molecule has 0 bridgehead atoms. The molecule has 6 nitrogen and oxygen atoms in total. The van der Waals surface area contributed by atoms with Crippen LogP contribution >= 0.6 is 35.0 Å². The Morgan fingerprint density at radius 3 is 2.64 bits per heavy atom. The molecule has 3 aromatic rings. The predicted octanol–water partition coefficient (Wildman–Crippen LogP) is 7.35. The zero-order valence-corrected chi connectivity index (χ0v) is 23.2. The third-order valence-corrected chi connectivity index (χ3v) is 8.03. The second-order valence-corrected chi connectivity index (χ2v) is 11.4. The topological polar surface area (TPSA) is 66.2 Å². The van der Waals surface area contributed by atoms with Gasteiger partial charge in [0.25, 0.3) is 0 Å². The summed E-state index contributed by atoms with van der Waals surface area (Å²) in [7, 11) is 1.59. The number of rotatable bonds is 8. The number of benzene rings is 2. The summed E-state index contributed by atoms with van der Waals surface area (Å²) in [5, 5.41) is 10.5. The molecule has 0 saturated heterocycles. The zero-order chi connectivity index (χ0) is 25.8. The van der Waals surface area contributed by atoms with Crippen molar-refractivity contribution in [3.05, 3.63) is 52.5 Å². The summed E-state index contributed by atoms with van der Waals surface area (Å²) >= 11 is 13.9. The molecular weight excluding hydrogens is 517 g/mol. The van der Waals surface area contributed by atoms with Crippen LogP contribution < -0.4 is 4.74 Å². The van der Waals surface area contributed by atoms with E-state index in [2.05, 4.69) is 31.0 Å². The SMILES string of the molecule is COc1ccc(Cl)cc1-n1c(SCC(=O)O[C@@H]2C[C@H](C)CC[C@@H]2C(C)C)nnc1-c1cccc(Cl)c1. The fraction of sp³-hybridized carbons (Fsp3) is 0.444. The van der Waals surface area contributed by atoms with Crippen LogP contribution in [-0.2, 0) is 9.53 Å². The van der Waals surface area contributed by atoms with Gasteiger partial charge in [-0.2, -0.15) is 0 Å². The van der Waals surface area contributed by atoms with Crippen molar-refractivity contribution in [3.63, 3.8) is 0 Å². The summed E-state index contributed by atoms with van der Waals surface area (Å²) in [6, 6.07) is 12.7. The number of thioether (sulfide) groups is 1. The van der Waals surface area contributed by atoms with Crippen LogP contribution in [0, 0.1) is 17.8 Å². The van der Waals surface area contributed by atoms with E-state index in [9.17, 15) is 4.79 Å². The lowest BCUT2D eigenvalue weighted by Crippen LogP contribution is -2.36. The number of esters is 1. The molecular formula is C27H31Cl2N3O3S. The van der Waals surface area contributed by atoms with Gasteiger partial charge in [0.2, 0.25) is 0 Å². The minimum atomic E-state index is -0.248. The highest BCUT2D eigenvalue weighted by Gasteiger charge is 2.33. The van der Waals surface area contributed by atoms with Gasteiger partial charge in [-0.3, -0.25) is 9.36 Å². The lowest BCUT2D eigenvalue weighted by Gasteiger charge is -2.36. The quantitative estimate of drug-likeness (QED) is 0.217. The molecule has 1 heterocycles. The first kappa shape index (κ1) is 26.8. The number of carbonyl (C=O) groups excluding carboxylic acids is 1. The van der Waals surface area contributed by atoms with Crippen LogP contribution in [0.3, 0.4) is 0 Å². The van der Waals surface area contributed by atoms with E-state index in [0.29, 0.717) is 50.2 Å². The fourth-order valence-electron chi connectivity index (χ4n) is 4.81. The van der Waals surface area contributed by atoms with Crippen LogP contribution in [0.25, 0.3) is 17.1 Å². The number of aromatic nitrogens is 3. The largest absolute Gasteiger partial charge is 0.495 e. The Bertz CT molecular complexity index is 1220. The molecule has 3 atom stereocenters. The molecule has 0 radical (unpaired) electrons. The van der Waals surface area contributed by atoms with Gasteiger partial charge in [0.15, 0.2) is 11.0 Å². The number of hydrogen-bond acceptors (Lipinski definition) is 6. The maximum Gasteiger partial charge on any atom is 0.316 e. The second-order valence-electron chi connectivity index (χ2n) is 9.61. The van der Waals surface area contributed by atoms with E-state index < -0.39 is 0 Å². The molecule has 0 amide bonds. The van der Waals surface area contributed by atoms with E-state index in [1.165, 1.54) is 18.2 Å². The van der Waals surface area contributed by atoms with E-state index in [1.54, 1.807) is 31.4 Å². The van der Waals surface area contributed by atoms with Crippen molar-refractivity contribution in [2.75, 3.05) is 12.9 Å². The van der Waals surface area contributed by atoms with Gasteiger partial charge in [0, 0.05) is 15.6 Å². The maximum absolute atomic E-state index is 12.9. The van der Waals surface area contributed by atoms with Gasteiger partial charge < -0.3 is 9.47 Å². The van der Waals surface area contributed by atoms with Crippen molar-refractivity contribution in [2.45, 2.75) is 51.3 Å². The molecule has 1 aliphatic carbocycles. The third-order valence-electron chi connectivity index (χ3n) is 6.66. The minimum absolute atomic E-state index is 0.0465. The van der Waals surface area contributed by atoms with E-state index in [0.717, 1.165) is 18.4 Å². The van der Waals surface area contributed by atoms with Crippen LogP contribution in [-0.4, -0.2) is 39.7 Å². The Kier molecular flexibility index (Phi) is 8.86. The summed E-state index contributed by atoms with van der Waals surface area (Å²) in [4.78, 5) is 12.9.